The molecule has 1 amide bonds. The summed E-state index contributed by atoms with van der Waals surface area (Å²) in [5, 5.41) is 2.15. The number of carbonyl (C=O) groups excluding carboxylic acids is 2. The highest BCUT2D eigenvalue weighted by Crippen LogP contribution is 2.47. The molecular formula is C41H38N2O7S. The molecular weight excluding hydrogens is 665 g/mol. The molecule has 0 spiro atoms. The number of amides is 1. The molecule has 3 unspecified atom stereocenters. The normalized spacial score (nSPS) is 20.3. The number of carbonyl (C=O) groups is 2. The lowest BCUT2D eigenvalue weighted by Crippen LogP contribution is -2.59. The number of fused-ring (bicyclic) bond motifs is 1. The molecule has 0 aromatic heterocycles. The fourth-order valence-corrected chi connectivity index (χ4v) is 8.97. The number of β-lactam (4-membered cyclic amide) rings is 1. The molecule has 260 valence electrons. The third kappa shape index (κ3) is 6.79. The Morgan fingerprint density at radius 3 is 1.80 bits per heavy atom. The molecule has 7 rings (SSSR count). The summed E-state index contributed by atoms with van der Waals surface area (Å²) in [6.07, 6.45) is -0.976. The summed E-state index contributed by atoms with van der Waals surface area (Å²) in [6, 6.07) is 41.9. The van der Waals surface area contributed by atoms with Crippen molar-refractivity contribution in [3.05, 3.63) is 162 Å². The van der Waals surface area contributed by atoms with E-state index < -0.39 is 44.0 Å². The Balaban J connectivity index is 1.16. The maximum atomic E-state index is 14.2. The van der Waals surface area contributed by atoms with Crippen LogP contribution in [0.15, 0.2) is 140 Å². The van der Waals surface area contributed by atoms with Crippen LogP contribution >= 0.6 is 0 Å². The lowest BCUT2D eigenvalue weighted by atomic mass is 9.95. The number of ether oxygens (including phenoxy) is 3. The molecule has 10 heteroatoms. The Labute approximate surface area is 297 Å². The second-order valence-corrected chi connectivity index (χ2v) is 15.5. The van der Waals surface area contributed by atoms with E-state index in [1.165, 1.54) is 11.8 Å². The SMILES string of the molecule is CC1(CNc2ccc(OCc3ccccc3)c(OCc3ccccc3)c2)C(C(=O)OC(c2ccccc2)c2ccccc2)N2C(=O)CC2S1(=O)=O. The van der Waals surface area contributed by atoms with Gasteiger partial charge >= 0.3 is 5.97 Å². The van der Waals surface area contributed by atoms with Crippen molar-refractivity contribution in [1.82, 2.24) is 4.90 Å². The van der Waals surface area contributed by atoms with Crippen LogP contribution in [0.3, 0.4) is 0 Å². The van der Waals surface area contributed by atoms with Gasteiger partial charge in [0.05, 0.1) is 6.42 Å². The predicted molar refractivity (Wildman–Crippen MR) is 194 cm³/mol. The molecule has 51 heavy (non-hydrogen) atoms. The molecule has 2 aliphatic heterocycles. The Kier molecular flexibility index (Phi) is 9.51. The van der Waals surface area contributed by atoms with E-state index in [1.54, 1.807) is 18.2 Å². The highest BCUT2D eigenvalue weighted by atomic mass is 32.2. The van der Waals surface area contributed by atoms with Crippen molar-refractivity contribution in [2.24, 2.45) is 0 Å². The summed E-state index contributed by atoms with van der Waals surface area (Å²) < 4.78 is 45.0. The van der Waals surface area contributed by atoms with Crippen LogP contribution in [0.2, 0.25) is 0 Å². The monoisotopic (exact) mass is 702 g/mol. The molecule has 2 saturated heterocycles. The molecule has 0 saturated carbocycles. The van der Waals surface area contributed by atoms with Crippen LogP contribution in [0.4, 0.5) is 5.69 Å². The van der Waals surface area contributed by atoms with E-state index in [2.05, 4.69) is 5.32 Å². The number of anilines is 1. The van der Waals surface area contributed by atoms with Crippen molar-refractivity contribution < 1.29 is 32.2 Å². The number of hydrogen-bond acceptors (Lipinski definition) is 8. The lowest BCUT2D eigenvalue weighted by molar-refractivity contribution is -0.164. The van der Waals surface area contributed by atoms with E-state index in [4.69, 9.17) is 14.2 Å². The topological polar surface area (TPSA) is 111 Å². The van der Waals surface area contributed by atoms with E-state index in [0.717, 1.165) is 22.3 Å². The van der Waals surface area contributed by atoms with Crippen molar-refractivity contribution in [3.63, 3.8) is 0 Å². The summed E-state index contributed by atoms with van der Waals surface area (Å²) in [6.45, 7) is 1.96. The molecule has 0 bridgehead atoms. The van der Waals surface area contributed by atoms with E-state index in [0.29, 0.717) is 23.8 Å². The molecule has 1 N–H and O–H groups in total. The molecule has 9 nitrogen and oxygen atoms in total. The maximum absolute atomic E-state index is 14.2. The number of benzene rings is 5. The largest absolute Gasteiger partial charge is 0.485 e. The zero-order chi connectivity index (χ0) is 35.4. The van der Waals surface area contributed by atoms with Crippen LogP contribution in [0, 0.1) is 0 Å². The quantitative estimate of drug-likeness (QED) is 0.107. The van der Waals surface area contributed by atoms with Gasteiger partial charge in [0.2, 0.25) is 5.91 Å². The minimum atomic E-state index is -4.01. The van der Waals surface area contributed by atoms with Gasteiger partial charge in [0, 0.05) is 18.3 Å². The summed E-state index contributed by atoms with van der Waals surface area (Å²) in [5.41, 5.74) is 3.96. The van der Waals surface area contributed by atoms with E-state index in [1.807, 2.05) is 121 Å². The smallest absolute Gasteiger partial charge is 0.331 e. The first-order valence-electron chi connectivity index (χ1n) is 16.8. The van der Waals surface area contributed by atoms with E-state index >= 15 is 0 Å². The second-order valence-electron chi connectivity index (χ2n) is 12.9. The van der Waals surface area contributed by atoms with Crippen molar-refractivity contribution in [3.8, 4) is 11.5 Å². The number of rotatable bonds is 13. The third-order valence-electron chi connectivity index (χ3n) is 9.54. The number of nitrogens with one attached hydrogen (secondary N) is 1. The van der Waals surface area contributed by atoms with Gasteiger partial charge in [-0.05, 0) is 41.3 Å². The number of hydrogen-bond donors (Lipinski definition) is 1. The van der Waals surface area contributed by atoms with Crippen LogP contribution in [0.1, 0.15) is 41.7 Å². The van der Waals surface area contributed by atoms with Crippen molar-refractivity contribution in [2.75, 3.05) is 11.9 Å². The molecule has 2 heterocycles. The molecule has 2 aliphatic rings. The average Bonchev–Trinajstić information content (AvgIpc) is 3.31. The number of esters is 1. The standard InChI is InChI=1S/C41H38N2O7S/c1-41(28-42-33-22-23-34(48-26-29-14-6-2-7-15-29)35(24-33)49-27-30-16-8-3-9-17-30)39(43-36(44)25-37(43)51(41,46)47)40(45)50-38(31-18-10-4-11-19-31)32-20-12-5-13-21-32/h2-24,37-39,42H,25-28H2,1H3. The van der Waals surface area contributed by atoms with Crippen LogP contribution < -0.4 is 14.8 Å². The highest BCUT2D eigenvalue weighted by Gasteiger charge is 2.70. The minimum absolute atomic E-state index is 0.168. The summed E-state index contributed by atoms with van der Waals surface area (Å²) in [7, 11) is -4.01. The van der Waals surface area contributed by atoms with Gasteiger partial charge in [0.25, 0.3) is 0 Å². The first-order valence-corrected chi connectivity index (χ1v) is 18.4. The van der Waals surface area contributed by atoms with Gasteiger partial charge in [0.1, 0.15) is 23.3 Å². The summed E-state index contributed by atoms with van der Waals surface area (Å²) in [5.74, 6) is -0.207. The van der Waals surface area contributed by atoms with Gasteiger partial charge in [0.15, 0.2) is 33.5 Å². The molecule has 5 aromatic rings. The molecule has 0 radical (unpaired) electrons. The first kappa shape index (κ1) is 33.9. The van der Waals surface area contributed by atoms with Gasteiger partial charge in [-0.15, -0.1) is 0 Å². The first-order chi connectivity index (χ1) is 24.7. The Morgan fingerprint density at radius 2 is 1.27 bits per heavy atom. The van der Waals surface area contributed by atoms with E-state index in [-0.39, 0.29) is 19.6 Å². The van der Waals surface area contributed by atoms with Crippen LogP contribution in [0.5, 0.6) is 11.5 Å². The predicted octanol–water partition coefficient (Wildman–Crippen LogP) is 6.70. The molecule has 3 atom stereocenters. The zero-order valence-corrected chi connectivity index (χ0v) is 28.9. The van der Waals surface area contributed by atoms with Gasteiger partial charge in [-0.2, -0.15) is 0 Å². The van der Waals surface area contributed by atoms with E-state index in [9.17, 15) is 18.0 Å². The fourth-order valence-electron chi connectivity index (χ4n) is 6.65. The van der Waals surface area contributed by atoms with Crippen LogP contribution in [-0.4, -0.2) is 47.9 Å². The minimum Gasteiger partial charge on any atom is -0.485 e. The fraction of sp³-hybridized carbons (Fsp3) is 0.220. The number of nitrogens with zero attached hydrogens (tertiary/aromatic N) is 1. The van der Waals surface area contributed by atoms with Crippen LogP contribution in [0.25, 0.3) is 0 Å². The van der Waals surface area contributed by atoms with Gasteiger partial charge < -0.3 is 24.4 Å². The Morgan fingerprint density at radius 1 is 0.765 bits per heavy atom. The Bertz CT molecular complexity index is 2060. The highest BCUT2D eigenvalue weighted by molar-refractivity contribution is 7.94. The van der Waals surface area contributed by atoms with Gasteiger partial charge in [-0.3, -0.25) is 4.79 Å². The lowest BCUT2D eigenvalue weighted by Gasteiger charge is -2.37. The maximum Gasteiger partial charge on any atom is 0.331 e. The van der Waals surface area contributed by atoms with Crippen LogP contribution in [-0.2, 0) is 37.4 Å². The van der Waals surface area contributed by atoms with Gasteiger partial charge in [-0.1, -0.05) is 121 Å². The van der Waals surface area contributed by atoms with Crippen molar-refractivity contribution >= 4 is 27.4 Å². The second kappa shape index (κ2) is 14.3. The van der Waals surface area contributed by atoms with Crippen molar-refractivity contribution in [2.45, 2.75) is 48.8 Å². The summed E-state index contributed by atoms with van der Waals surface area (Å²) >= 11 is 0. The molecule has 5 aromatic carbocycles. The third-order valence-corrected chi connectivity index (χ3v) is 12.3. The molecule has 0 aliphatic carbocycles. The number of sulfone groups is 1. The zero-order valence-electron chi connectivity index (χ0n) is 28.1. The summed E-state index contributed by atoms with van der Waals surface area (Å²) in [4.78, 5) is 28.3. The van der Waals surface area contributed by atoms with Crippen molar-refractivity contribution in [1.29, 1.82) is 0 Å². The average molecular weight is 703 g/mol. The van der Waals surface area contributed by atoms with Gasteiger partial charge in [-0.25, -0.2) is 13.2 Å². The Hall–Kier alpha value is -5.61. The molecule has 2 fully saturated rings.